The molecule has 0 radical (unpaired) electrons. The van der Waals surface area contributed by atoms with Crippen molar-refractivity contribution in [2.45, 2.75) is 25.0 Å². The van der Waals surface area contributed by atoms with E-state index in [4.69, 9.17) is 9.15 Å². The Kier molecular flexibility index (Phi) is 5.29. The average molecular weight is 382 g/mol. The van der Waals surface area contributed by atoms with Gasteiger partial charge >= 0.3 is 6.03 Å². The van der Waals surface area contributed by atoms with Crippen LogP contribution < -0.4 is 10.6 Å². The molecular weight excluding hydrogens is 363 g/mol. The molecule has 28 heavy (non-hydrogen) atoms. The van der Waals surface area contributed by atoms with Gasteiger partial charge in [0.15, 0.2) is 0 Å². The van der Waals surface area contributed by atoms with Crippen molar-refractivity contribution in [2.75, 3.05) is 11.9 Å². The Balaban J connectivity index is 1.48. The van der Waals surface area contributed by atoms with Gasteiger partial charge in [0, 0.05) is 17.9 Å². The predicted octanol–water partition coefficient (Wildman–Crippen LogP) is 3.92. The maximum Gasteiger partial charge on any atom is 0.319 e. The van der Waals surface area contributed by atoms with E-state index in [-0.39, 0.29) is 24.0 Å². The summed E-state index contributed by atoms with van der Waals surface area (Å²) in [6.07, 6.45) is 2.85. The number of hydrogen-bond donors (Lipinski definition) is 2. The summed E-state index contributed by atoms with van der Waals surface area (Å²) in [6, 6.07) is 12.4. The number of nitrogens with one attached hydrogen (secondary N) is 2. The van der Waals surface area contributed by atoms with E-state index >= 15 is 0 Å². The smallest absolute Gasteiger partial charge is 0.319 e. The van der Waals surface area contributed by atoms with Gasteiger partial charge in [-0.15, -0.1) is 10.2 Å². The topological polar surface area (TPSA) is 89.3 Å². The number of nitrogens with zero attached hydrogens (tertiary/aromatic N) is 2. The summed E-state index contributed by atoms with van der Waals surface area (Å²) in [5.74, 6) is 0.0461. The Bertz CT molecular complexity index is 925. The summed E-state index contributed by atoms with van der Waals surface area (Å²) in [6.45, 7) is 0.651. The normalized spacial score (nSPS) is 17.2. The monoisotopic (exact) mass is 382 g/mol. The molecule has 144 valence electrons. The van der Waals surface area contributed by atoms with Crippen LogP contribution in [0.3, 0.4) is 0 Å². The molecule has 2 amide bonds. The van der Waals surface area contributed by atoms with Gasteiger partial charge in [0.1, 0.15) is 5.82 Å². The Hall–Kier alpha value is -3.26. The molecule has 0 saturated carbocycles. The standard InChI is InChI=1S/C20H19FN4O3/c21-15-8-6-13(7-9-15)18(17-5-2-10-27-17)24-20(26)23-16-4-1-3-14(11-16)19-25-22-12-28-19/h1,3-4,6-9,11-12,17-18H,2,5,10H2,(H2,23,24,26). The summed E-state index contributed by atoms with van der Waals surface area (Å²) in [4.78, 5) is 12.6. The number of ether oxygens (including phenoxy) is 1. The van der Waals surface area contributed by atoms with Crippen LogP contribution in [0.4, 0.5) is 14.9 Å². The van der Waals surface area contributed by atoms with E-state index in [0.29, 0.717) is 23.7 Å². The number of carbonyl (C=O) groups excluding carboxylic acids is 1. The SMILES string of the molecule is O=C(Nc1cccc(-c2nnco2)c1)NC(c1ccc(F)cc1)C1CCCO1. The molecule has 0 bridgehead atoms. The van der Waals surface area contributed by atoms with Crippen molar-refractivity contribution in [3.8, 4) is 11.5 Å². The molecule has 1 fully saturated rings. The second kappa shape index (κ2) is 8.18. The van der Waals surface area contributed by atoms with Crippen molar-refractivity contribution in [3.63, 3.8) is 0 Å². The number of urea groups is 1. The van der Waals surface area contributed by atoms with Gasteiger partial charge in [-0.25, -0.2) is 9.18 Å². The fraction of sp³-hybridized carbons (Fsp3) is 0.250. The lowest BCUT2D eigenvalue weighted by atomic mass is 9.99. The summed E-state index contributed by atoms with van der Waals surface area (Å²) in [5, 5.41) is 13.3. The average Bonchev–Trinajstić information content (AvgIpc) is 3.41. The first-order valence-electron chi connectivity index (χ1n) is 9.00. The van der Waals surface area contributed by atoms with Gasteiger partial charge in [0.05, 0.1) is 12.1 Å². The van der Waals surface area contributed by atoms with E-state index < -0.39 is 0 Å². The number of carbonyl (C=O) groups is 1. The number of aromatic nitrogens is 2. The van der Waals surface area contributed by atoms with Gasteiger partial charge in [-0.05, 0) is 48.7 Å². The molecule has 4 rings (SSSR count). The number of hydrogen-bond acceptors (Lipinski definition) is 5. The highest BCUT2D eigenvalue weighted by atomic mass is 19.1. The maximum absolute atomic E-state index is 13.3. The highest BCUT2D eigenvalue weighted by Gasteiger charge is 2.28. The molecule has 2 heterocycles. The fourth-order valence-corrected chi connectivity index (χ4v) is 3.26. The first-order valence-corrected chi connectivity index (χ1v) is 9.00. The molecule has 1 aliphatic rings. The molecule has 8 heteroatoms. The number of benzene rings is 2. The number of anilines is 1. The summed E-state index contributed by atoms with van der Waals surface area (Å²) in [5.41, 5.74) is 2.07. The third-order valence-electron chi connectivity index (χ3n) is 4.58. The molecule has 1 saturated heterocycles. The largest absolute Gasteiger partial charge is 0.423 e. The number of amides is 2. The van der Waals surface area contributed by atoms with Crippen molar-refractivity contribution < 1.29 is 18.3 Å². The Morgan fingerprint density at radius 2 is 2.07 bits per heavy atom. The number of halogens is 1. The van der Waals surface area contributed by atoms with Crippen LogP contribution in [0.5, 0.6) is 0 Å². The van der Waals surface area contributed by atoms with E-state index in [1.54, 1.807) is 30.3 Å². The van der Waals surface area contributed by atoms with E-state index in [9.17, 15) is 9.18 Å². The molecule has 0 aliphatic carbocycles. The maximum atomic E-state index is 13.3. The summed E-state index contributed by atoms with van der Waals surface area (Å²) < 4.78 is 24.2. The quantitative estimate of drug-likeness (QED) is 0.698. The second-order valence-electron chi connectivity index (χ2n) is 6.50. The third-order valence-corrected chi connectivity index (χ3v) is 4.58. The molecule has 3 aromatic rings. The van der Waals surface area contributed by atoms with E-state index in [0.717, 1.165) is 18.4 Å². The lowest BCUT2D eigenvalue weighted by molar-refractivity contribution is 0.0815. The number of rotatable bonds is 5. The highest BCUT2D eigenvalue weighted by Crippen LogP contribution is 2.27. The lowest BCUT2D eigenvalue weighted by Crippen LogP contribution is -2.38. The van der Waals surface area contributed by atoms with Crippen molar-refractivity contribution >= 4 is 11.7 Å². The highest BCUT2D eigenvalue weighted by molar-refractivity contribution is 5.90. The summed E-state index contributed by atoms with van der Waals surface area (Å²) in [7, 11) is 0. The van der Waals surface area contributed by atoms with Crippen LogP contribution in [0.1, 0.15) is 24.4 Å². The lowest BCUT2D eigenvalue weighted by Gasteiger charge is -2.25. The van der Waals surface area contributed by atoms with Crippen LogP contribution in [0, 0.1) is 5.82 Å². The van der Waals surface area contributed by atoms with Crippen LogP contribution in [-0.4, -0.2) is 28.9 Å². The van der Waals surface area contributed by atoms with Crippen molar-refractivity contribution in [3.05, 3.63) is 66.3 Å². The Morgan fingerprint density at radius 1 is 1.21 bits per heavy atom. The molecule has 1 aliphatic heterocycles. The molecule has 2 aromatic carbocycles. The minimum atomic E-state index is -0.382. The van der Waals surface area contributed by atoms with Gasteiger partial charge in [-0.1, -0.05) is 18.2 Å². The van der Waals surface area contributed by atoms with Crippen LogP contribution >= 0.6 is 0 Å². The van der Waals surface area contributed by atoms with Gasteiger partial charge in [-0.3, -0.25) is 0 Å². The van der Waals surface area contributed by atoms with Crippen molar-refractivity contribution in [1.29, 1.82) is 0 Å². The zero-order chi connectivity index (χ0) is 19.3. The van der Waals surface area contributed by atoms with Gasteiger partial charge < -0.3 is 19.8 Å². The minimum Gasteiger partial charge on any atom is -0.423 e. The molecule has 2 atom stereocenters. The van der Waals surface area contributed by atoms with Gasteiger partial charge in [0.2, 0.25) is 12.3 Å². The Labute approximate surface area is 160 Å². The molecule has 2 unspecified atom stereocenters. The van der Waals surface area contributed by atoms with Crippen LogP contribution in [0.25, 0.3) is 11.5 Å². The zero-order valence-corrected chi connectivity index (χ0v) is 15.0. The molecular formula is C20H19FN4O3. The first-order chi connectivity index (χ1) is 13.7. The predicted molar refractivity (Wildman–Crippen MR) is 100 cm³/mol. The van der Waals surface area contributed by atoms with E-state index in [2.05, 4.69) is 20.8 Å². The van der Waals surface area contributed by atoms with Gasteiger partial charge in [-0.2, -0.15) is 0 Å². The van der Waals surface area contributed by atoms with Crippen molar-refractivity contribution in [2.24, 2.45) is 0 Å². The molecule has 2 N–H and O–H groups in total. The van der Waals surface area contributed by atoms with Crippen LogP contribution in [-0.2, 0) is 4.74 Å². The molecule has 0 spiro atoms. The first kappa shape index (κ1) is 18.1. The summed E-state index contributed by atoms with van der Waals surface area (Å²) >= 11 is 0. The Morgan fingerprint density at radius 3 is 2.79 bits per heavy atom. The molecule has 7 nitrogen and oxygen atoms in total. The van der Waals surface area contributed by atoms with Crippen LogP contribution in [0.2, 0.25) is 0 Å². The zero-order valence-electron chi connectivity index (χ0n) is 15.0. The second-order valence-corrected chi connectivity index (χ2v) is 6.50. The van der Waals surface area contributed by atoms with E-state index in [1.165, 1.54) is 18.5 Å². The van der Waals surface area contributed by atoms with E-state index in [1.807, 2.05) is 6.07 Å². The van der Waals surface area contributed by atoms with Crippen molar-refractivity contribution in [1.82, 2.24) is 15.5 Å². The minimum absolute atomic E-state index is 0.152. The fourth-order valence-electron chi connectivity index (χ4n) is 3.26. The van der Waals surface area contributed by atoms with Gasteiger partial charge in [0.25, 0.3) is 0 Å². The third kappa shape index (κ3) is 4.17. The molecule has 1 aromatic heterocycles. The van der Waals surface area contributed by atoms with Crippen LogP contribution in [0.15, 0.2) is 59.3 Å².